The Bertz CT molecular complexity index is 597. The Morgan fingerprint density at radius 2 is 2.11 bits per heavy atom. The van der Waals surface area contributed by atoms with Crippen molar-refractivity contribution in [3.05, 3.63) is 39.3 Å². The number of benzene rings is 1. The highest BCUT2D eigenvalue weighted by Gasteiger charge is 2.14. The third kappa shape index (κ3) is 2.87. The van der Waals surface area contributed by atoms with Crippen molar-refractivity contribution in [2.24, 2.45) is 0 Å². The van der Waals surface area contributed by atoms with Crippen molar-refractivity contribution in [1.82, 2.24) is 9.97 Å². The molecule has 0 spiro atoms. The molecule has 0 saturated carbocycles. The van der Waals surface area contributed by atoms with Gasteiger partial charge in [0.25, 0.3) is 0 Å². The number of nitrogens with one attached hydrogen (secondary N) is 1. The molecule has 1 aromatic carbocycles. The smallest absolute Gasteiger partial charge is 0.152 e. The highest BCUT2D eigenvalue weighted by atomic mass is 79.9. The zero-order valence-corrected chi connectivity index (χ0v) is 12.8. The maximum atomic E-state index is 14.2. The second-order valence-corrected chi connectivity index (χ2v) is 5.11. The van der Waals surface area contributed by atoms with Gasteiger partial charge in [-0.05, 0) is 28.1 Å². The molecule has 0 aliphatic carbocycles. The van der Waals surface area contributed by atoms with Crippen LogP contribution in [0.25, 0.3) is 11.3 Å². The summed E-state index contributed by atoms with van der Waals surface area (Å²) in [4.78, 5) is 8.62. The monoisotopic (exact) mass is 343 g/mol. The van der Waals surface area contributed by atoms with Gasteiger partial charge in [0.2, 0.25) is 0 Å². The average Bonchev–Trinajstić information content (AvgIpc) is 2.44. The van der Waals surface area contributed by atoms with Crippen LogP contribution in [-0.4, -0.2) is 17.0 Å². The second kappa shape index (κ2) is 5.84. The number of hydrogen-bond acceptors (Lipinski definition) is 3. The lowest BCUT2D eigenvalue weighted by Crippen LogP contribution is -2.01. The Labute approximate surface area is 124 Å². The number of aromatic nitrogens is 2. The number of halogens is 3. The predicted octanol–water partition coefficient (Wildman–Crippen LogP) is 4.30. The molecule has 0 radical (unpaired) electrons. The minimum atomic E-state index is -0.487. The third-order valence-electron chi connectivity index (χ3n) is 2.66. The summed E-state index contributed by atoms with van der Waals surface area (Å²) >= 11 is 9.09. The quantitative estimate of drug-likeness (QED) is 0.844. The van der Waals surface area contributed by atoms with Crippen LogP contribution < -0.4 is 5.32 Å². The summed E-state index contributed by atoms with van der Waals surface area (Å²) in [6, 6.07) is 5.04. The largest absolute Gasteiger partial charge is 0.373 e. The Kier molecular flexibility index (Phi) is 4.37. The molecule has 19 heavy (non-hydrogen) atoms. The molecule has 6 heteroatoms. The minimum Gasteiger partial charge on any atom is -0.373 e. The topological polar surface area (TPSA) is 37.8 Å². The zero-order valence-electron chi connectivity index (χ0n) is 10.5. The van der Waals surface area contributed by atoms with Gasteiger partial charge < -0.3 is 5.32 Å². The van der Waals surface area contributed by atoms with Crippen molar-refractivity contribution in [1.29, 1.82) is 0 Å². The second-order valence-electron chi connectivity index (χ2n) is 3.88. The molecule has 1 heterocycles. The number of hydrogen-bond donors (Lipinski definition) is 1. The summed E-state index contributed by atoms with van der Waals surface area (Å²) in [5.74, 6) is 0.819. The van der Waals surface area contributed by atoms with E-state index in [1.54, 1.807) is 25.2 Å². The fraction of sp³-hybridized carbons (Fsp3) is 0.231. The number of rotatable bonds is 3. The lowest BCUT2D eigenvalue weighted by atomic mass is 10.1. The molecule has 2 aromatic rings. The fourth-order valence-electron chi connectivity index (χ4n) is 1.65. The zero-order chi connectivity index (χ0) is 14.0. The summed E-state index contributed by atoms with van der Waals surface area (Å²) in [5, 5.41) is 3.00. The number of aryl methyl sites for hydroxylation is 1. The van der Waals surface area contributed by atoms with E-state index >= 15 is 0 Å². The van der Waals surface area contributed by atoms with Crippen LogP contribution in [0.5, 0.6) is 0 Å². The van der Waals surface area contributed by atoms with Gasteiger partial charge in [-0.15, -0.1) is 0 Å². The van der Waals surface area contributed by atoms with Crippen LogP contribution in [0.2, 0.25) is 5.02 Å². The van der Waals surface area contributed by atoms with Crippen molar-refractivity contribution >= 4 is 33.3 Å². The lowest BCUT2D eigenvalue weighted by Gasteiger charge is -2.09. The molecule has 0 aliphatic heterocycles. The summed E-state index contributed by atoms with van der Waals surface area (Å²) in [6.45, 7) is 1.95. The highest BCUT2D eigenvalue weighted by Crippen LogP contribution is 2.32. The SMILES string of the molecule is CCc1nc(NC)cc(-c2ccc(Br)c(Cl)c2F)n1. The third-order valence-corrected chi connectivity index (χ3v) is 3.91. The van der Waals surface area contributed by atoms with Gasteiger partial charge in [-0.25, -0.2) is 14.4 Å². The molecule has 0 aliphatic rings. The molecule has 100 valence electrons. The van der Waals surface area contributed by atoms with E-state index in [-0.39, 0.29) is 5.02 Å². The van der Waals surface area contributed by atoms with Gasteiger partial charge in [-0.1, -0.05) is 18.5 Å². The van der Waals surface area contributed by atoms with E-state index in [2.05, 4.69) is 31.2 Å². The van der Waals surface area contributed by atoms with Crippen LogP contribution in [0.15, 0.2) is 22.7 Å². The van der Waals surface area contributed by atoms with E-state index in [1.807, 2.05) is 6.92 Å². The van der Waals surface area contributed by atoms with E-state index < -0.39 is 5.82 Å². The molecule has 0 saturated heterocycles. The molecular formula is C13H12BrClFN3. The Morgan fingerprint density at radius 3 is 2.74 bits per heavy atom. The van der Waals surface area contributed by atoms with Crippen LogP contribution in [0, 0.1) is 5.82 Å². The molecule has 3 nitrogen and oxygen atoms in total. The molecule has 0 amide bonds. The maximum absolute atomic E-state index is 14.2. The molecule has 0 unspecified atom stereocenters. The van der Waals surface area contributed by atoms with Gasteiger partial charge in [0.05, 0.1) is 10.7 Å². The number of nitrogens with zero attached hydrogens (tertiary/aromatic N) is 2. The van der Waals surface area contributed by atoms with Gasteiger partial charge in [0.15, 0.2) is 5.82 Å². The highest BCUT2D eigenvalue weighted by molar-refractivity contribution is 9.10. The van der Waals surface area contributed by atoms with Crippen molar-refractivity contribution in [2.45, 2.75) is 13.3 Å². The first kappa shape index (κ1) is 14.2. The Morgan fingerprint density at radius 1 is 1.37 bits per heavy atom. The predicted molar refractivity (Wildman–Crippen MR) is 79.1 cm³/mol. The van der Waals surface area contributed by atoms with Gasteiger partial charge in [-0.3, -0.25) is 0 Å². The van der Waals surface area contributed by atoms with Crippen LogP contribution in [0.1, 0.15) is 12.7 Å². The average molecular weight is 345 g/mol. The van der Waals surface area contributed by atoms with E-state index in [0.29, 0.717) is 33.8 Å². The van der Waals surface area contributed by atoms with Gasteiger partial charge in [0, 0.05) is 29.6 Å². The molecule has 2 rings (SSSR count). The van der Waals surface area contributed by atoms with Crippen molar-refractivity contribution in [3.63, 3.8) is 0 Å². The van der Waals surface area contributed by atoms with Crippen LogP contribution in [0.3, 0.4) is 0 Å². The summed E-state index contributed by atoms with van der Waals surface area (Å²) in [5.41, 5.74) is 0.880. The van der Waals surface area contributed by atoms with Crippen LogP contribution >= 0.6 is 27.5 Å². The maximum Gasteiger partial charge on any atom is 0.152 e. The Hall–Kier alpha value is -1.20. The normalized spacial score (nSPS) is 10.6. The van der Waals surface area contributed by atoms with Crippen molar-refractivity contribution < 1.29 is 4.39 Å². The van der Waals surface area contributed by atoms with Crippen molar-refractivity contribution in [2.75, 3.05) is 12.4 Å². The molecule has 0 fully saturated rings. The molecule has 1 aromatic heterocycles. The number of anilines is 1. The standard InChI is InChI=1S/C13H12BrClFN3/c1-3-10-18-9(6-11(17-2)19-10)7-4-5-8(14)12(15)13(7)16/h4-6H,3H2,1-2H3,(H,17,18,19). The van der Waals surface area contributed by atoms with Gasteiger partial charge in [-0.2, -0.15) is 0 Å². The fourth-order valence-corrected chi connectivity index (χ4v) is 2.12. The Balaban J connectivity index is 2.61. The molecular weight excluding hydrogens is 333 g/mol. The lowest BCUT2D eigenvalue weighted by molar-refractivity contribution is 0.630. The van der Waals surface area contributed by atoms with Gasteiger partial charge in [0.1, 0.15) is 11.6 Å². The first-order valence-electron chi connectivity index (χ1n) is 5.76. The van der Waals surface area contributed by atoms with E-state index in [1.165, 1.54) is 0 Å². The molecule has 0 bridgehead atoms. The molecule has 0 atom stereocenters. The summed E-state index contributed by atoms with van der Waals surface area (Å²) in [6.07, 6.45) is 0.675. The van der Waals surface area contributed by atoms with Crippen LogP contribution in [0.4, 0.5) is 10.2 Å². The van der Waals surface area contributed by atoms with E-state index in [9.17, 15) is 4.39 Å². The summed E-state index contributed by atoms with van der Waals surface area (Å²) in [7, 11) is 1.76. The van der Waals surface area contributed by atoms with E-state index in [0.717, 1.165) is 0 Å². The summed E-state index contributed by atoms with van der Waals surface area (Å²) < 4.78 is 14.7. The molecule has 1 N–H and O–H groups in total. The first-order valence-corrected chi connectivity index (χ1v) is 6.93. The first-order chi connectivity index (χ1) is 9.06. The van der Waals surface area contributed by atoms with Crippen molar-refractivity contribution in [3.8, 4) is 11.3 Å². The van der Waals surface area contributed by atoms with E-state index in [4.69, 9.17) is 11.6 Å². The minimum absolute atomic E-state index is 0.0557. The van der Waals surface area contributed by atoms with Gasteiger partial charge >= 0.3 is 0 Å². The van der Waals surface area contributed by atoms with Crippen LogP contribution in [-0.2, 0) is 6.42 Å².